The summed E-state index contributed by atoms with van der Waals surface area (Å²) >= 11 is 0. The van der Waals surface area contributed by atoms with Crippen molar-refractivity contribution >= 4 is 0 Å². The molecular weight excluding hydrogens is 464 g/mol. The number of aryl methyl sites for hydroxylation is 1. The van der Waals surface area contributed by atoms with Gasteiger partial charge >= 0.3 is 6.18 Å². The lowest BCUT2D eigenvalue weighted by Gasteiger charge is -2.11. The van der Waals surface area contributed by atoms with Gasteiger partial charge in [0, 0.05) is 11.5 Å². The molecule has 0 saturated carbocycles. The Morgan fingerprint density at radius 3 is 1.82 bits per heavy atom. The van der Waals surface area contributed by atoms with Gasteiger partial charge in [-0.1, -0.05) is 37.8 Å². The molecule has 3 aromatic rings. The molecule has 0 amide bonds. The first-order valence-electron chi connectivity index (χ1n) is 10.4. The van der Waals surface area contributed by atoms with Crippen LogP contribution >= 0.6 is 0 Å². The normalized spacial score (nSPS) is 11.3. The monoisotopic (exact) mass is 482 g/mol. The summed E-state index contributed by atoms with van der Waals surface area (Å²) in [5, 5.41) is 0. The van der Waals surface area contributed by atoms with Crippen LogP contribution in [0.15, 0.2) is 42.5 Å². The Morgan fingerprint density at radius 2 is 1.29 bits per heavy atom. The Labute approximate surface area is 191 Å². The van der Waals surface area contributed by atoms with Crippen molar-refractivity contribution in [3.63, 3.8) is 0 Å². The Hall–Kier alpha value is -3.34. The Balaban J connectivity index is 1.97. The maximum atomic E-state index is 14.8. The average molecular weight is 482 g/mol. The Morgan fingerprint density at radius 1 is 0.706 bits per heavy atom. The fourth-order valence-electron chi connectivity index (χ4n) is 3.50. The largest absolute Gasteiger partial charge is 0.458 e. The lowest BCUT2D eigenvalue weighted by Crippen LogP contribution is -2.03. The van der Waals surface area contributed by atoms with Crippen LogP contribution < -0.4 is 0 Å². The van der Waals surface area contributed by atoms with Crippen molar-refractivity contribution in [3.8, 4) is 34.1 Å². The quantitative estimate of drug-likeness (QED) is 0.188. The highest BCUT2D eigenvalue weighted by molar-refractivity contribution is 5.72. The number of benzene rings is 3. The highest BCUT2D eigenvalue weighted by Crippen LogP contribution is 2.34. The lowest BCUT2D eigenvalue weighted by molar-refractivity contribution is -0.0696. The molecule has 3 aromatic carbocycles. The molecule has 0 fully saturated rings. The van der Waals surface area contributed by atoms with Crippen LogP contribution in [0.25, 0.3) is 22.3 Å². The van der Waals surface area contributed by atoms with E-state index in [9.17, 15) is 35.1 Å². The van der Waals surface area contributed by atoms with Gasteiger partial charge in [0.1, 0.15) is 29.1 Å². The smallest absolute Gasteiger partial charge is 0.206 e. The third-order valence-corrected chi connectivity index (χ3v) is 5.12. The minimum absolute atomic E-state index is 0.0567. The predicted molar refractivity (Wildman–Crippen MR) is 113 cm³/mol. The van der Waals surface area contributed by atoms with Crippen molar-refractivity contribution in [2.75, 3.05) is 0 Å². The summed E-state index contributed by atoms with van der Waals surface area (Å²) in [4.78, 5) is 0. The van der Waals surface area contributed by atoms with Crippen LogP contribution in [0.1, 0.15) is 37.3 Å². The molecule has 0 N–H and O–H groups in total. The summed E-state index contributed by atoms with van der Waals surface area (Å²) in [6.45, 7) is 2.04. The maximum absolute atomic E-state index is 14.8. The fraction of sp³-hybridized carbons (Fsp3) is 0.231. The third kappa shape index (κ3) is 5.96. The van der Waals surface area contributed by atoms with E-state index in [0.29, 0.717) is 18.6 Å². The molecule has 0 unspecified atom stereocenters. The molecule has 0 spiro atoms. The van der Waals surface area contributed by atoms with E-state index in [2.05, 4.69) is 0 Å². The summed E-state index contributed by atoms with van der Waals surface area (Å²) in [6.07, 6.45) is -1.45. The molecule has 0 bridgehead atoms. The third-order valence-electron chi connectivity index (χ3n) is 5.12. The van der Waals surface area contributed by atoms with E-state index >= 15 is 0 Å². The zero-order valence-electron chi connectivity index (χ0n) is 17.9. The molecule has 3 rings (SSSR count). The molecule has 0 heterocycles. The van der Waals surface area contributed by atoms with Crippen LogP contribution in [0.4, 0.5) is 35.1 Å². The van der Waals surface area contributed by atoms with Gasteiger partial charge < -0.3 is 0 Å². The number of unbranched alkanes of at least 4 members (excludes halogenated alkanes) is 2. The van der Waals surface area contributed by atoms with E-state index < -0.39 is 52.0 Å². The fourth-order valence-corrected chi connectivity index (χ4v) is 3.50. The van der Waals surface area contributed by atoms with Gasteiger partial charge in [-0.25, -0.2) is 22.0 Å². The van der Waals surface area contributed by atoms with E-state index in [1.807, 2.05) is 6.92 Å². The summed E-state index contributed by atoms with van der Waals surface area (Å²) in [5.74, 6) is -4.09. The Kier molecular flexibility index (Phi) is 7.65. The molecule has 0 aliphatic rings. The number of hydrogen-bond donors (Lipinski definition) is 0. The van der Waals surface area contributed by atoms with Crippen LogP contribution in [0.3, 0.4) is 0 Å². The van der Waals surface area contributed by atoms with E-state index in [1.165, 1.54) is 18.1 Å². The van der Waals surface area contributed by atoms with Crippen molar-refractivity contribution in [3.05, 3.63) is 82.7 Å². The van der Waals surface area contributed by atoms with Gasteiger partial charge in [0.05, 0.1) is 11.1 Å². The summed E-state index contributed by atoms with van der Waals surface area (Å²) in [7, 11) is 0. The predicted octanol–water partition coefficient (Wildman–Crippen LogP) is 8.36. The van der Waals surface area contributed by atoms with Crippen molar-refractivity contribution < 1.29 is 35.1 Å². The van der Waals surface area contributed by atoms with Crippen LogP contribution in [0.2, 0.25) is 0 Å². The average Bonchev–Trinajstić information content (AvgIpc) is 2.72. The standard InChI is InChI=1S/C26H18F8/c1-2-3-4-5-15-6-7-18(20(27)10-15)16-11-23(30)25(24(31)12-16)17-13-21(28)19(22(29)14-17)8-9-26(32,33)34/h6-7,10-14H,2-5H2,1H3. The van der Waals surface area contributed by atoms with E-state index in [1.54, 1.807) is 6.07 Å². The number of alkyl halides is 3. The minimum atomic E-state index is -4.98. The first-order chi connectivity index (χ1) is 16.0. The summed E-state index contributed by atoms with van der Waals surface area (Å²) in [6, 6.07) is 6.95. The van der Waals surface area contributed by atoms with Gasteiger partial charge in [-0.05, 0) is 59.9 Å². The number of halogens is 8. The van der Waals surface area contributed by atoms with Crippen molar-refractivity contribution in [2.24, 2.45) is 0 Å². The van der Waals surface area contributed by atoms with Gasteiger partial charge in [0.25, 0.3) is 0 Å². The SMILES string of the molecule is CCCCCc1ccc(-c2cc(F)c(-c3cc(F)c(C#CC(F)(F)F)c(F)c3)c(F)c2)c(F)c1. The highest BCUT2D eigenvalue weighted by atomic mass is 19.4. The number of rotatable bonds is 6. The van der Waals surface area contributed by atoms with E-state index in [4.69, 9.17) is 0 Å². The first kappa shape index (κ1) is 25.3. The second-order valence-electron chi connectivity index (χ2n) is 7.65. The molecule has 0 atom stereocenters. The second kappa shape index (κ2) is 10.3. The van der Waals surface area contributed by atoms with Crippen molar-refractivity contribution in [2.45, 2.75) is 38.8 Å². The molecular formula is C26H18F8. The van der Waals surface area contributed by atoms with E-state index in [0.717, 1.165) is 42.9 Å². The van der Waals surface area contributed by atoms with Gasteiger partial charge in [0.15, 0.2) is 0 Å². The minimum Gasteiger partial charge on any atom is -0.206 e. The molecule has 178 valence electrons. The molecule has 0 nitrogen and oxygen atoms in total. The van der Waals surface area contributed by atoms with Gasteiger partial charge in [-0.2, -0.15) is 13.2 Å². The molecule has 0 saturated heterocycles. The summed E-state index contributed by atoms with van der Waals surface area (Å²) < 4.78 is 109. The molecule has 0 aliphatic heterocycles. The van der Waals surface area contributed by atoms with Crippen LogP contribution in [0.5, 0.6) is 0 Å². The van der Waals surface area contributed by atoms with Gasteiger partial charge in [-0.3, -0.25) is 0 Å². The zero-order valence-corrected chi connectivity index (χ0v) is 17.9. The van der Waals surface area contributed by atoms with Crippen LogP contribution in [-0.2, 0) is 6.42 Å². The van der Waals surface area contributed by atoms with E-state index in [-0.39, 0.29) is 11.1 Å². The summed E-state index contributed by atoms with van der Waals surface area (Å²) in [5.41, 5.74) is -2.01. The van der Waals surface area contributed by atoms with Crippen LogP contribution in [-0.4, -0.2) is 6.18 Å². The van der Waals surface area contributed by atoms with Crippen LogP contribution in [0, 0.1) is 40.9 Å². The molecule has 0 aliphatic carbocycles. The van der Waals surface area contributed by atoms with Gasteiger partial charge in [-0.15, -0.1) is 0 Å². The maximum Gasteiger partial charge on any atom is 0.458 e. The highest BCUT2D eigenvalue weighted by Gasteiger charge is 2.24. The van der Waals surface area contributed by atoms with Gasteiger partial charge in [0.2, 0.25) is 0 Å². The number of hydrogen-bond acceptors (Lipinski definition) is 0. The molecule has 0 radical (unpaired) electrons. The molecule has 0 aromatic heterocycles. The Bertz CT molecular complexity index is 1220. The topological polar surface area (TPSA) is 0 Å². The molecule has 34 heavy (non-hydrogen) atoms. The van der Waals surface area contributed by atoms with Crippen molar-refractivity contribution in [1.82, 2.24) is 0 Å². The first-order valence-corrected chi connectivity index (χ1v) is 10.4. The zero-order chi connectivity index (χ0) is 25.0. The second-order valence-corrected chi connectivity index (χ2v) is 7.65. The lowest BCUT2D eigenvalue weighted by atomic mass is 9.96. The van der Waals surface area contributed by atoms with Crippen molar-refractivity contribution in [1.29, 1.82) is 0 Å². The molecule has 8 heteroatoms.